The highest BCUT2D eigenvalue weighted by atomic mass is 15.3. The molecule has 7 heteroatoms. The van der Waals surface area contributed by atoms with Gasteiger partial charge >= 0.3 is 0 Å². The van der Waals surface area contributed by atoms with E-state index in [1.807, 2.05) is 53.5 Å². The SMILES string of the molecule is N#Cc1ccc(Cn2c(NC3CCN(CCn4cccn4)CC3)nc3ccccc32)cc1. The predicted molar refractivity (Wildman–Crippen MR) is 125 cm³/mol. The van der Waals surface area contributed by atoms with Crippen molar-refractivity contribution in [1.82, 2.24) is 24.2 Å². The lowest BCUT2D eigenvalue weighted by Gasteiger charge is -2.32. The van der Waals surface area contributed by atoms with Crippen LogP contribution < -0.4 is 5.32 Å². The highest BCUT2D eigenvalue weighted by Crippen LogP contribution is 2.24. The van der Waals surface area contributed by atoms with Gasteiger partial charge in [0.05, 0.1) is 35.8 Å². The Morgan fingerprint density at radius 2 is 1.81 bits per heavy atom. The Kier molecular flexibility index (Phi) is 5.86. The molecule has 0 aliphatic carbocycles. The number of nitrogens with one attached hydrogen (secondary N) is 1. The molecule has 0 radical (unpaired) electrons. The third-order valence-electron chi connectivity index (χ3n) is 6.20. The molecule has 7 nitrogen and oxygen atoms in total. The topological polar surface area (TPSA) is 74.7 Å². The van der Waals surface area contributed by atoms with Crippen LogP contribution in [0.4, 0.5) is 5.95 Å². The first-order valence-electron chi connectivity index (χ1n) is 11.2. The molecule has 162 valence electrons. The summed E-state index contributed by atoms with van der Waals surface area (Å²) in [7, 11) is 0. The van der Waals surface area contributed by atoms with Crippen LogP contribution in [0.3, 0.4) is 0 Å². The van der Waals surface area contributed by atoms with Gasteiger partial charge in [-0.3, -0.25) is 4.68 Å². The maximum atomic E-state index is 9.07. The van der Waals surface area contributed by atoms with Gasteiger partial charge in [-0.1, -0.05) is 24.3 Å². The molecule has 0 atom stereocenters. The van der Waals surface area contributed by atoms with Gasteiger partial charge in [0.1, 0.15) is 0 Å². The Hall–Kier alpha value is -3.63. The zero-order valence-electron chi connectivity index (χ0n) is 18.1. The van der Waals surface area contributed by atoms with Gasteiger partial charge in [0.2, 0.25) is 5.95 Å². The molecule has 2 aromatic carbocycles. The van der Waals surface area contributed by atoms with Crippen molar-refractivity contribution < 1.29 is 0 Å². The van der Waals surface area contributed by atoms with E-state index in [0.717, 1.165) is 68.1 Å². The van der Waals surface area contributed by atoms with Crippen LogP contribution in [0.15, 0.2) is 67.0 Å². The number of aromatic nitrogens is 4. The molecule has 1 aliphatic heterocycles. The van der Waals surface area contributed by atoms with E-state index in [9.17, 15) is 0 Å². The molecule has 1 aliphatic rings. The van der Waals surface area contributed by atoms with Crippen molar-refractivity contribution in [2.45, 2.75) is 32.0 Å². The summed E-state index contributed by atoms with van der Waals surface area (Å²) >= 11 is 0. The number of imidazole rings is 1. The van der Waals surface area contributed by atoms with E-state index in [1.165, 1.54) is 0 Å². The number of likely N-dealkylation sites (tertiary alicyclic amines) is 1. The van der Waals surface area contributed by atoms with E-state index < -0.39 is 0 Å². The number of nitriles is 1. The second kappa shape index (κ2) is 9.25. The average Bonchev–Trinajstić information content (AvgIpc) is 3.48. The molecule has 5 rings (SSSR count). The number of nitrogens with zero attached hydrogens (tertiary/aromatic N) is 6. The van der Waals surface area contributed by atoms with E-state index in [4.69, 9.17) is 10.2 Å². The third-order valence-corrected chi connectivity index (χ3v) is 6.20. The van der Waals surface area contributed by atoms with E-state index in [0.29, 0.717) is 11.6 Å². The van der Waals surface area contributed by atoms with Crippen molar-refractivity contribution >= 4 is 17.0 Å². The van der Waals surface area contributed by atoms with E-state index >= 15 is 0 Å². The summed E-state index contributed by atoms with van der Waals surface area (Å²) in [6.07, 6.45) is 6.05. The van der Waals surface area contributed by atoms with Crippen LogP contribution in [-0.2, 0) is 13.1 Å². The summed E-state index contributed by atoms with van der Waals surface area (Å²) in [5.74, 6) is 0.922. The first-order valence-corrected chi connectivity index (χ1v) is 11.2. The van der Waals surface area contributed by atoms with Crippen LogP contribution in [-0.4, -0.2) is 49.9 Å². The monoisotopic (exact) mass is 425 g/mol. The zero-order chi connectivity index (χ0) is 21.8. The molecule has 0 saturated carbocycles. The van der Waals surface area contributed by atoms with Crippen LogP contribution in [0.25, 0.3) is 11.0 Å². The predicted octanol–water partition coefficient (Wildman–Crippen LogP) is 3.73. The summed E-state index contributed by atoms with van der Waals surface area (Å²) in [5.41, 5.74) is 3.96. The summed E-state index contributed by atoms with van der Waals surface area (Å²) < 4.78 is 4.25. The molecule has 0 amide bonds. The molecule has 4 aromatic rings. The minimum Gasteiger partial charge on any atom is -0.353 e. The maximum absolute atomic E-state index is 9.07. The fourth-order valence-electron chi connectivity index (χ4n) is 4.37. The average molecular weight is 426 g/mol. The van der Waals surface area contributed by atoms with Crippen molar-refractivity contribution in [2.24, 2.45) is 0 Å². The van der Waals surface area contributed by atoms with Crippen molar-refractivity contribution in [3.8, 4) is 6.07 Å². The quantitative estimate of drug-likeness (QED) is 0.488. The Balaban J connectivity index is 1.27. The van der Waals surface area contributed by atoms with Crippen LogP contribution in [0.5, 0.6) is 0 Å². The van der Waals surface area contributed by atoms with E-state index in [2.05, 4.69) is 44.2 Å². The van der Waals surface area contributed by atoms with E-state index in [-0.39, 0.29) is 0 Å². The lowest BCUT2D eigenvalue weighted by Crippen LogP contribution is -2.40. The van der Waals surface area contributed by atoms with Crippen LogP contribution in [0, 0.1) is 11.3 Å². The molecule has 1 saturated heterocycles. The lowest BCUT2D eigenvalue weighted by atomic mass is 10.1. The van der Waals surface area contributed by atoms with Gasteiger partial charge in [0.15, 0.2) is 0 Å². The standard InChI is InChI=1S/C25H27N7/c26-18-20-6-8-21(9-7-20)19-32-24-5-2-1-4-23(24)29-25(32)28-22-10-14-30(15-11-22)16-17-31-13-3-12-27-31/h1-9,12-13,22H,10-11,14-17,19H2,(H,28,29). The molecule has 2 aromatic heterocycles. The third kappa shape index (κ3) is 4.51. The van der Waals surface area contributed by atoms with Gasteiger partial charge in [-0.15, -0.1) is 0 Å². The summed E-state index contributed by atoms with van der Waals surface area (Å²) in [4.78, 5) is 7.41. The van der Waals surface area contributed by atoms with Gasteiger partial charge < -0.3 is 14.8 Å². The van der Waals surface area contributed by atoms with Crippen molar-refractivity contribution in [2.75, 3.05) is 25.0 Å². The van der Waals surface area contributed by atoms with Gasteiger partial charge in [-0.2, -0.15) is 10.4 Å². The number of benzene rings is 2. The van der Waals surface area contributed by atoms with Crippen molar-refractivity contribution in [3.05, 3.63) is 78.1 Å². The highest BCUT2D eigenvalue weighted by Gasteiger charge is 2.21. The normalized spacial score (nSPS) is 15.1. The first kappa shape index (κ1) is 20.3. The Labute approximate surface area is 187 Å². The van der Waals surface area contributed by atoms with Gasteiger partial charge in [0, 0.05) is 38.1 Å². The zero-order valence-corrected chi connectivity index (χ0v) is 18.1. The maximum Gasteiger partial charge on any atom is 0.204 e. The summed E-state index contributed by atoms with van der Waals surface area (Å²) in [6.45, 7) is 4.85. The molecule has 0 unspecified atom stereocenters. The van der Waals surface area contributed by atoms with Crippen molar-refractivity contribution in [3.63, 3.8) is 0 Å². The molecule has 3 heterocycles. The molecular formula is C25H27N7. The number of anilines is 1. The first-order chi connectivity index (χ1) is 15.8. The second-order valence-corrected chi connectivity index (χ2v) is 8.35. The second-order valence-electron chi connectivity index (χ2n) is 8.35. The van der Waals surface area contributed by atoms with Crippen LogP contribution in [0.1, 0.15) is 24.0 Å². The fourth-order valence-corrected chi connectivity index (χ4v) is 4.37. The Morgan fingerprint density at radius 1 is 1.00 bits per heavy atom. The Bertz CT molecular complexity index is 1190. The van der Waals surface area contributed by atoms with Gasteiger partial charge in [-0.25, -0.2) is 4.98 Å². The summed E-state index contributed by atoms with van der Waals surface area (Å²) in [5, 5.41) is 17.1. The minimum atomic E-state index is 0.410. The van der Waals surface area contributed by atoms with Crippen LogP contribution in [0.2, 0.25) is 0 Å². The number of hydrogen-bond acceptors (Lipinski definition) is 5. The van der Waals surface area contributed by atoms with Crippen LogP contribution >= 0.6 is 0 Å². The lowest BCUT2D eigenvalue weighted by molar-refractivity contribution is 0.208. The molecule has 32 heavy (non-hydrogen) atoms. The minimum absolute atomic E-state index is 0.410. The van der Waals surface area contributed by atoms with Gasteiger partial charge in [-0.05, 0) is 48.7 Å². The highest BCUT2D eigenvalue weighted by molar-refractivity contribution is 5.78. The fraction of sp³-hybridized carbons (Fsp3) is 0.320. The van der Waals surface area contributed by atoms with Crippen molar-refractivity contribution in [1.29, 1.82) is 5.26 Å². The number of piperidine rings is 1. The number of fused-ring (bicyclic) bond motifs is 1. The molecule has 1 N–H and O–H groups in total. The molecule has 1 fully saturated rings. The smallest absolute Gasteiger partial charge is 0.204 e. The number of hydrogen-bond donors (Lipinski definition) is 1. The molecule has 0 bridgehead atoms. The molecular weight excluding hydrogens is 398 g/mol. The molecule has 0 spiro atoms. The number of rotatable bonds is 7. The number of para-hydroxylation sites is 2. The largest absolute Gasteiger partial charge is 0.353 e. The van der Waals surface area contributed by atoms with E-state index in [1.54, 1.807) is 0 Å². The summed E-state index contributed by atoms with van der Waals surface area (Å²) in [6, 6.07) is 20.6. The Morgan fingerprint density at radius 3 is 2.56 bits per heavy atom. The van der Waals surface area contributed by atoms with Gasteiger partial charge in [0.25, 0.3) is 0 Å².